The highest BCUT2D eigenvalue weighted by Gasteiger charge is 2.31. The van der Waals surface area contributed by atoms with Crippen LogP contribution in [0, 0.1) is 6.92 Å². The molecule has 116 valence electrons. The number of aryl methyl sites for hydroxylation is 1. The second-order valence-electron chi connectivity index (χ2n) is 4.56. The standard InChI is InChI=1S/C13H19N3O4S/c1-4-15-13(18)16-12(17)9(3)21(19,20)11-7-10(14)6-5-8(11)2/h5-7,9H,4,14H2,1-3H3,(H2,15,16,17,18). The van der Waals surface area contributed by atoms with Crippen molar-refractivity contribution in [2.24, 2.45) is 0 Å². The third kappa shape index (κ3) is 3.94. The molecule has 0 fully saturated rings. The Bertz CT molecular complexity index is 655. The Labute approximate surface area is 123 Å². The molecule has 0 heterocycles. The highest BCUT2D eigenvalue weighted by molar-refractivity contribution is 7.92. The third-order valence-electron chi connectivity index (χ3n) is 2.93. The van der Waals surface area contributed by atoms with Gasteiger partial charge in [0.1, 0.15) is 5.25 Å². The normalized spacial score (nSPS) is 12.5. The summed E-state index contributed by atoms with van der Waals surface area (Å²) in [5.74, 6) is -0.886. The average Bonchev–Trinajstić information content (AvgIpc) is 2.40. The number of rotatable bonds is 4. The first-order chi connectivity index (χ1) is 9.70. The summed E-state index contributed by atoms with van der Waals surface area (Å²) in [4.78, 5) is 23.1. The molecule has 1 aromatic rings. The number of nitrogen functional groups attached to an aromatic ring is 1. The number of anilines is 1. The van der Waals surface area contributed by atoms with Crippen LogP contribution in [-0.2, 0) is 14.6 Å². The van der Waals surface area contributed by atoms with E-state index in [9.17, 15) is 18.0 Å². The van der Waals surface area contributed by atoms with E-state index in [0.29, 0.717) is 12.1 Å². The van der Waals surface area contributed by atoms with E-state index in [1.54, 1.807) is 26.0 Å². The molecule has 1 aromatic carbocycles. The van der Waals surface area contributed by atoms with E-state index in [1.807, 2.05) is 5.32 Å². The van der Waals surface area contributed by atoms with Gasteiger partial charge in [-0.15, -0.1) is 0 Å². The van der Waals surface area contributed by atoms with Crippen LogP contribution in [0.25, 0.3) is 0 Å². The molecule has 0 aliphatic heterocycles. The summed E-state index contributed by atoms with van der Waals surface area (Å²) in [7, 11) is -3.92. The zero-order valence-corrected chi connectivity index (χ0v) is 13.0. The molecule has 0 spiro atoms. The van der Waals surface area contributed by atoms with Crippen LogP contribution in [0.5, 0.6) is 0 Å². The second kappa shape index (κ2) is 6.57. The third-order valence-corrected chi connectivity index (χ3v) is 5.13. The summed E-state index contributed by atoms with van der Waals surface area (Å²) < 4.78 is 24.9. The summed E-state index contributed by atoms with van der Waals surface area (Å²) in [5, 5.41) is 2.95. The van der Waals surface area contributed by atoms with Gasteiger partial charge in [-0.1, -0.05) is 6.07 Å². The molecule has 7 nitrogen and oxygen atoms in total. The fourth-order valence-corrected chi connectivity index (χ4v) is 3.21. The first-order valence-corrected chi connectivity index (χ1v) is 7.93. The molecule has 1 unspecified atom stereocenters. The number of carbonyl (C=O) groups excluding carboxylic acids is 2. The van der Waals surface area contributed by atoms with Gasteiger partial charge in [-0.2, -0.15) is 0 Å². The van der Waals surface area contributed by atoms with E-state index < -0.39 is 27.0 Å². The summed E-state index contributed by atoms with van der Waals surface area (Å²) in [6.07, 6.45) is 0. The van der Waals surface area contributed by atoms with Gasteiger partial charge in [0.25, 0.3) is 0 Å². The SMILES string of the molecule is CCNC(=O)NC(=O)C(C)S(=O)(=O)c1cc(N)ccc1C. The van der Waals surface area contributed by atoms with E-state index in [1.165, 1.54) is 13.0 Å². The van der Waals surface area contributed by atoms with Crippen molar-refractivity contribution in [3.63, 3.8) is 0 Å². The molecule has 8 heteroatoms. The summed E-state index contributed by atoms with van der Waals surface area (Å²) in [5.41, 5.74) is 6.37. The molecule has 0 saturated carbocycles. The van der Waals surface area contributed by atoms with Gasteiger partial charge < -0.3 is 11.1 Å². The lowest BCUT2D eigenvalue weighted by Gasteiger charge is -2.15. The van der Waals surface area contributed by atoms with Crippen LogP contribution in [0.4, 0.5) is 10.5 Å². The van der Waals surface area contributed by atoms with Gasteiger partial charge in [0.05, 0.1) is 4.90 Å². The number of imide groups is 1. The first kappa shape index (κ1) is 17.0. The van der Waals surface area contributed by atoms with Crippen molar-refractivity contribution in [2.45, 2.75) is 30.9 Å². The fraction of sp³-hybridized carbons (Fsp3) is 0.385. The molecule has 0 aliphatic rings. The van der Waals surface area contributed by atoms with Crippen molar-refractivity contribution in [2.75, 3.05) is 12.3 Å². The molecule has 0 saturated heterocycles. The number of nitrogens with two attached hydrogens (primary N) is 1. The summed E-state index contributed by atoms with van der Waals surface area (Å²) in [6, 6.07) is 3.72. The minimum atomic E-state index is -3.92. The van der Waals surface area contributed by atoms with Crippen molar-refractivity contribution in [3.05, 3.63) is 23.8 Å². The van der Waals surface area contributed by atoms with Gasteiger partial charge in [-0.05, 0) is 38.5 Å². The van der Waals surface area contributed by atoms with Gasteiger partial charge in [0, 0.05) is 12.2 Å². The van der Waals surface area contributed by atoms with Crippen LogP contribution >= 0.6 is 0 Å². The quantitative estimate of drug-likeness (QED) is 0.703. The molecule has 21 heavy (non-hydrogen) atoms. The van der Waals surface area contributed by atoms with Crippen LogP contribution < -0.4 is 16.4 Å². The van der Waals surface area contributed by atoms with E-state index in [2.05, 4.69) is 5.32 Å². The molecule has 4 N–H and O–H groups in total. The molecule has 0 aliphatic carbocycles. The Kier molecular flexibility index (Phi) is 5.31. The predicted octanol–water partition coefficient (Wildman–Crippen LogP) is 0.585. The van der Waals surface area contributed by atoms with E-state index in [0.717, 1.165) is 0 Å². The van der Waals surface area contributed by atoms with E-state index in [4.69, 9.17) is 5.73 Å². The van der Waals surface area contributed by atoms with Crippen molar-refractivity contribution < 1.29 is 18.0 Å². The maximum atomic E-state index is 12.4. The lowest BCUT2D eigenvalue weighted by atomic mass is 10.2. The van der Waals surface area contributed by atoms with Gasteiger partial charge >= 0.3 is 6.03 Å². The van der Waals surface area contributed by atoms with E-state index in [-0.39, 0.29) is 10.6 Å². The number of benzene rings is 1. The van der Waals surface area contributed by atoms with Gasteiger partial charge in [-0.25, -0.2) is 13.2 Å². The minimum absolute atomic E-state index is 0.0129. The molecule has 0 bridgehead atoms. The molecule has 0 radical (unpaired) electrons. The number of nitrogens with one attached hydrogen (secondary N) is 2. The van der Waals surface area contributed by atoms with Crippen LogP contribution in [0.15, 0.2) is 23.1 Å². The number of sulfone groups is 1. The fourth-order valence-electron chi connectivity index (χ4n) is 1.67. The zero-order valence-electron chi connectivity index (χ0n) is 12.1. The van der Waals surface area contributed by atoms with Crippen LogP contribution in [0.2, 0.25) is 0 Å². The molecular weight excluding hydrogens is 294 g/mol. The minimum Gasteiger partial charge on any atom is -0.399 e. The predicted molar refractivity (Wildman–Crippen MR) is 79.5 cm³/mol. The maximum absolute atomic E-state index is 12.4. The van der Waals surface area contributed by atoms with Crippen molar-refractivity contribution in [1.82, 2.24) is 10.6 Å². The van der Waals surface area contributed by atoms with Crippen LogP contribution in [0.1, 0.15) is 19.4 Å². The van der Waals surface area contributed by atoms with Gasteiger partial charge in [0.15, 0.2) is 9.84 Å². The Morgan fingerprint density at radius 3 is 2.52 bits per heavy atom. The number of hydrogen-bond donors (Lipinski definition) is 3. The monoisotopic (exact) mass is 313 g/mol. The van der Waals surface area contributed by atoms with Crippen molar-refractivity contribution >= 4 is 27.5 Å². The average molecular weight is 313 g/mol. The Hall–Kier alpha value is -2.09. The number of urea groups is 1. The molecule has 1 atom stereocenters. The van der Waals surface area contributed by atoms with Crippen molar-refractivity contribution in [1.29, 1.82) is 0 Å². The summed E-state index contributed by atoms with van der Waals surface area (Å²) in [6.45, 7) is 4.85. The summed E-state index contributed by atoms with van der Waals surface area (Å²) >= 11 is 0. The Morgan fingerprint density at radius 2 is 1.95 bits per heavy atom. The lowest BCUT2D eigenvalue weighted by molar-refractivity contribution is -0.119. The topological polar surface area (TPSA) is 118 Å². The smallest absolute Gasteiger partial charge is 0.321 e. The van der Waals surface area contributed by atoms with Crippen LogP contribution in [0.3, 0.4) is 0 Å². The number of amides is 3. The lowest BCUT2D eigenvalue weighted by Crippen LogP contribution is -2.45. The molecule has 0 aromatic heterocycles. The Balaban J connectivity index is 3.04. The van der Waals surface area contributed by atoms with Crippen molar-refractivity contribution in [3.8, 4) is 0 Å². The second-order valence-corrected chi connectivity index (χ2v) is 6.80. The molecular formula is C13H19N3O4S. The van der Waals surface area contributed by atoms with Gasteiger partial charge in [0.2, 0.25) is 5.91 Å². The molecule has 1 rings (SSSR count). The molecule has 3 amide bonds. The van der Waals surface area contributed by atoms with E-state index >= 15 is 0 Å². The highest BCUT2D eigenvalue weighted by Crippen LogP contribution is 2.22. The maximum Gasteiger partial charge on any atom is 0.321 e. The number of carbonyl (C=O) groups is 2. The largest absolute Gasteiger partial charge is 0.399 e. The zero-order chi connectivity index (χ0) is 16.2. The van der Waals surface area contributed by atoms with Crippen LogP contribution in [-0.4, -0.2) is 32.2 Å². The highest BCUT2D eigenvalue weighted by atomic mass is 32.2. The number of hydrogen-bond acceptors (Lipinski definition) is 5. The first-order valence-electron chi connectivity index (χ1n) is 6.38. The Morgan fingerprint density at radius 1 is 1.33 bits per heavy atom. The van der Waals surface area contributed by atoms with Gasteiger partial charge in [-0.3, -0.25) is 10.1 Å².